The summed E-state index contributed by atoms with van der Waals surface area (Å²) in [5, 5.41) is 28.9. The Balaban J connectivity index is 1.89. The highest BCUT2D eigenvalue weighted by Crippen LogP contribution is 2.37. The fourth-order valence-electron chi connectivity index (χ4n) is 4.79. The molecule has 2 aromatic carbocycles. The van der Waals surface area contributed by atoms with E-state index in [9.17, 15) is 19.8 Å². The summed E-state index contributed by atoms with van der Waals surface area (Å²) in [5.74, 6) is -0.735. The number of benzene rings is 2. The fourth-order valence-corrected chi connectivity index (χ4v) is 4.79. The maximum Gasteiger partial charge on any atom is 0.257 e. The molecule has 0 N–H and O–H groups in total. The van der Waals surface area contributed by atoms with Crippen molar-refractivity contribution in [2.45, 2.75) is 25.9 Å². The van der Waals surface area contributed by atoms with Gasteiger partial charge in [0, 0.05) is 47.5 Å². The van der Waals surface area contributed by atoms with Crippen LogP contribution in [-0.4, -0.2) is 73.5 Å². The van der Waals surface area contributed by atoms with E-state index in [0.29, 0.717) is 58.2 Å². The Labute approximate surface area is 199 Å². The second-order valence-corrected chi connectivity index (χ2v) is 11.3. The lowest BCUT2D eigenvalue weighted by Gasteiger charge is -2.27. The maximum absolute atomic E-state index is 13.3. The predicted octanol–water partition coefficient (Wildman–Crippen LogP) is 1.25. The Bertz CT molecular complexity index is 1370. The molecule has 0 spiro atoms. The lowest BCUT2D eigenvalue weighted by Crippen LogP contribution is -2.36. The SMILES string of the molecule is C[N+](C)(C)CCCn1c([O-])c2ccc3c([O-])n(CCC[N+](C)(C)C)c(=O)c4ccc(c1=O)c2c34. The number of hydrogen-bond acceptors (Lipinski definition) is 4. The lowest BCUT2D eigenvalue weighted by molar-refractivity contribution is -0.870. The molecule has 0 aliphatic heterocycles. The molecule has 2 aromatic heterocycles. The first kappa shape index (κ1) is 24.0. The van der Waals surface area contributed by atoms with Crippen molar-refractivity contribution in [1.29, 1.82) is 0 Å². The zero-order valence-electron chi connectivity index (χ0n) is 21.0. The van der Waals surface area contributed by atoms with Crippen LogP contribution in [0.4, 0.5) is 0 Å². The third-order valence-corrected chi connectivity index (χ3v) is 6.48. The van der Waals surface area contributed by atoms with Crippen molar-refractivity contribution in [3.8, 4) is 11.8 Å². The van der Waals surface area contributed by atoms with Gasteiger partial charge in [-0.1, -0.05) is 12.1 Å². The van der Waals surface area contributed by atoms with E-state index in [4.69, 9.17) is 0 Å². The Morgan fingerprint density at radius 2 is 0.941 bits per heavy atom. The number of hydrogen-bond donors (Lipinski definition) is 0. The lowest BCUT2D eigenvalue weighted by atomic mass is 9.96. The van der Waals surface area contributed by atoms with Gasteiger partial charge in [0.05, 0.1) is 55.4 Å². The molecule has 0 fully saturated rings. The third-order valence-electron chi connectivity index (χ3n) is 6.48. The van der Waals surface area contributed by atoms with Gasteiger partial charge in [0.2, 0.25) is 0 Å². The fraction of sp³-hybridized carbons (Fsp3) is 0.462. The average Bonchev–Trinajstić information content (AvgIpc) is 2.73. The monoisotopic (exact) mass is 466 g/mol. The summed E-state index contributed by atoms with van der Waals surface area (Å²) in [7, 11) is 12.4. The Morgan fingerprint density at radius 3 is 1.26 bits per heavy atom. The van der Waals surface area contributed by atoms with E-state index >= 15 is 0 Å². The van der Waals surface area contributed by atoms with Crippen LogP contribution >= 0.6 is 0 Å². The normalized spacial score (nSPS) is 13.0. The van der Waals surface area contributed by atoms with Crippen molar-refractivity contribution in [2.75, 3.05) is 55.4 Å². The van der Waals surface area contributed by atoms with E-state index in [0.717, 1.165) is 22.1 Å². The molecule has 4 aromatic rings. The summed E-state index contributed by atoms with van der Waals surface area (Å²) in [5.41, 5.74) is -0.735. The molecular formula is C26H34N4O4. The molecule has 0 radical (unpaired) electrons. The average molecular weight is 467 g/mol. The summed E-state index contributed by atoms with van der Waals surface area (Å²) in [6, 6.07) is 6.52. The molecular weight excluding hydrogens is 432 g/mol. The van der Waals surface area contributed by atoms with Crippen LogP contribution in [-0.2, 0) is 13.1 Å². The molecule has 0 saturated carbocycles. The largest absolute Gasteiger partial charge is 0.860 e. The maximum atomic E-state index is 13.3. The highest BCUT2D eigenvalue weighted by molar-refractivity contribution is 6.24. The minimum absolute atomic E-state index is 0.329. The van der Waals surface area contributed by atoms with Crippen molar-refractivity contribution >= 4 is 32.3 Å². The molecule has 2 heterocycles. The first-order valence-electron chi connectivity index (χ1n) is 11.7. The van der Waals surface area contributed by atoms with Gasteiger partial charge in [0.25, 0.3) is 11.1 Å². The van der Waals surface area contributed by atoms with Gasteiger partial charge in [0.1, 0.15) is 0 Å². The van der Waals surface area contributed by atoms with Crippen LogP contribution in [0.2, 0.25) is 0 Å². The highest BCUT2D eigenvalue weighted by atomic mass is 16.3. The third kappa shape index (κ3) is 4.23. The van der Waals surface area contributed by atoms with Crippen molar-refractivity contribution in [3.63, 3.8) is 0 Å². The van der Waals surface area contributed by atoms with Gasteiger partial charge >= 0.3 is 0 Å². The molecule has 0 aliphatic carbocycles. The topological polar surface area (TPSA) is 90.1 Å². The molecule has 0 unspecified atom stereocenters. The summed E-state index contributed by atoms with van der Waals surface area (Å²) < 4.78 is 4.06. The summed E-state index contributed by atoms with van der Waals surface area (Å²) in [6.07, 6.45) is 1.38. The second kappa shape index (κ2) is 8.29. The molecule has 0 atom stereocenters. The Hall–Kier alpha value is -3.10. The Kier molecular flexibility index (Phi) is 5.86. The summed E-state index contributed by atoms with van der Waals surface area (Å²) >= 11 is 0. The van der Waals surface area contributed by atoms with Crippen LogP contribution in [0.3, 0.4) is 0 Å². The predicted molar refractivity (Wildman–Crippen MR) is 133 cm³/mol. The van der Waals surface area contributed by atoms with E-state index in [1.54, 1.807) is 24.3 Å². The number of pyridine rings is 2. The molecule has 34 heavy (non-hydrogen) atoms. The van der Waals surface area contributed by atoms with Gasteiger partial charge < -0.3 is 28.3 Å². The van der Waals surface area contributed by atoms with Crippen LogP contribution in [0, 0.1) is 0 Å². The molecule has 0 saturated heterocycles. The van der Waals surface area contributed by atoms with Crippen LogP contribution in [0.15, 0.2) is 33.9 Å². The van der Waals surface area contributed by atoms with Gasteiger partial charge in [-0.3, -0.25) is 9.59 Å². The summed E-state index contributed by atoms with van der Waals surface area (Å²) in [6.45, 7) is 2.30. The Morgan fingerprint density at radius 1 is 0.618 bits per heavy atom. The zero-order chi connectivity index (χ0) is 25.0. The van der Waals surface area contributed by atoms with E-state index < -0.39 is 0 Å². The first-order valence-corrected chi connectivity index (χ1v) is 11.7. The van der Waals surface area contributed by atoms with Gasteiger partial charge in [-0.2, -0.15) is 0 Å². The van der Waals surface area contributed by atoms with Gasteiger partial charge in [-0.05, 0) is 34.7 Å². The highest BCUT2D eigenvalue weighted by Gasteiger charge is 2.18. The quantitative estimate of drug-likeness (QED) is 0.289. The molecule has 4 rings (SSSR count). The standard InChI is InChI=1S/C26H34N4O4/c1-29(2,3)15-7-13-27-23(31)17-9-11-19-22-20(12-10-18(21(17)22)24(27)32)26(34)28(25(19)33)14-8-16-30(4,5)6/h9-12H,7-8,13-16H2,1-6H3. The van der Waals surface area contributed by atoms with Crippen LogP contribution in [0.25, 0.3) is 32.3 Å². The number of quaternary nitrogens is 2. The first-order chi connectivity index (χ1) is 15.8. The molecule has 8 nitrogen and oxygen atoms in total. The van der Waals surface area contributed by atoms with E-state index in [1.807, 2.05) is 0 Å². The van der Waals surface area contributed by atoms with E-state index in [-0.39, 0.29) is 22.9 Å². The van der Waals surface area contributed by atoms with Crippen LogP contribution in [0.5, 0.6) is 11.8 Å². The minimum atomic E-state index is -0.368. The molecule has 0 amide bonds. The van der Waals surface area contributed by atoms with Crippen molar-refractivity contribution in [1.82, 2.24) is 9.13 Å². The van der Waals surface area contributed by atoms with Crippen molar-refractivity contribution in [3.05, 3.63) is 45.0 Å². The molecule has 0 aliphatic rings. The van der Waals surface area contributed by atoms with Crippen LogP contribution < -0.4 is 21.3 Å². The molecule has 0 bridgehead atoms. The molecule has 8 heteroatoms. The number of nitrogens with zero attached hydrogens (tertiary/aromatic N) is 4. The number of rotatable bonds is 8. The zero-order valence-corrected chi connectivity index (χ0v) is 21.0. The van der Waals surface area contributed by atoms with Crippen molar-refractivity contribution < 1.29 is 19.2 Å². The van der Waals surface area contributed by atoms with Gasteiger partial charge in [-0.25, -0.2) is 0 Å². The van der Waals surface area contributed by atoms with Crippen molar-refractivity contribution in [2.24, 2.45) is 0 Å². The second-order valence-electron chi connectivity index (χ2n) is 11.3. The smallest absolute Gasteiger partial charge is 0.257 e. The number of aromatic nitrogens is 2. The van der Waals surface area contributed by atoms with E-state index in [1.165, 1.54) is 9.13 Å². The summed E-state index contributed by atoms with van der Waals surface area (Å²) in [4.78, 5) is 26.6. The van der Waals surface area contributed by atoms with Gasteiger partial charge in [0.15, 0.2) is 0 Å². The minimum Gasteiger partial charge on any atom is -0.860 e. The van der Waals surface area contributed by atoms with Gasteiger partial charge in [-0.15, -0.1) is 0 Å². The molecule has 182 valence electrons. The van der Waals surface area contributed by atoms with E-state index in [2.05, 4.69) is 42.3 Å². The van der Waals surface area contributed by atoms with Crippen LogP contribution in [0.1, 0.15) is 12.8 Å².